The molecule has 0 radical (unpaired) electrons. The standard InChI is InChI=1S/C55H110NO8P/c1-3-5-7-9-11-13-15-17-19-21-23-25-26-27-28-30-32-34-36-38-40-42-44-46-48-55(58)64-53(52-63-65(59,60)62-50-49-56)51-61-54(57)47-45-43-41-39-37-35-33-31-29-24-22-20-18-16-14-12-10-8-6-4-2/h53H,3-52,56H2,1-2H3,(H,59,60). The fourth-order valence-corrected chi connectivity index (χ4v) is 9.52. The minimum Gasteiger partial charge on any atom is -0.462 e. The van der Waals surface area contributed by atoms with Crippen LogP contribution in [0.2, 0.25) is 0 Å². The number of carbonyl (C=O) groups is 2. The molecule has 65 heavy (non-hydrogen) atoms. The first-order chi connectivity index (χ1) is 31.8. The third-order valence-electron chi connectivity index (χ3n) is 13.0. The van der Waals surface area contributed by atoms with Crippen LogP contribution in [0.25, 0.3) is 0 Å². The van der Waals surface area contributed by atoms with Gasteiger partial charge in [0, 0.05) is 19.4 Å². The zero-order chi connectivity index (χ0) is 47.4. The van der Waals surface area contributed by atoms with Crippen LogP contribution in [0.1, 0.15) is 309 Å². The van der Waals surface area contributed by atoms with Gasteiger partial charge >= 0.3 is 19.8 Å². The molecule has 388 valence electrons. The van der Waals surface area contributed by atoms with Crippen molar-refractivity contribution in [2.75, 3.05) is 26.4 Å². The van der Waals surface area contributed by atoms with Gasteiger partial charge in [0.2, 0.25) is 0 Å². The molecule has 0 bridgehead atoms. The second-order valence-corrected chi connectivity index (χ2v) is 21.0. The Morgan fingerprint density at radius 1 is 0.400 bits per heavy atom. The first kappa shape index (κ1) is 64.0. The number of phosphoric acid groups is 1. The minimum absolute atomic E-state index is 0.0586. The van der Waals surface area contributed by atoms with E-state index in [2.05, 4.69) is 13.8 Å². The number of carbonyl (C=O) groups excluding carboxylic acids is 2. The van der Waals surface area contributed by atoms with E-state index in [-0.39, 0.29) is 38.6 Å². The third kappa shape index (κ3) is 52.2. The van der Waals surface area contributed by atoms with Crippen molar-refractivity contribution in [1.82, 2.24) is 0 Å². The number of hydrogen-bond donors (Lipinski definition) is 2. The highest BCUT2D eigenvalue weighted by atomic mass is 31.2. The molecule has 0 spiro atoms. The van der Waals surface area contributed by atoms with Gasteiger partial charge in [-0.2, -0.15) is 0 Å². The summed E-state index contributed by atoms with van der Waals surface area (Å²) in [6.45, 7) is 3.82. The summed E-state index contributed by atoms with van der Waals surface area (Å²) in [5.41, 5.74) is 5.38. The SMILES string of the molecule is CCCCCCCCCCCCCCCCCCCCCCCCCCC(=O)OC(COC(=O)CCCCCCCCCCCCCCCCCCCCCC)COP(=O)(O)OCCN. The molecule has 3 N–H and O–H groups in total. The smallest absolute Gasteiger partial charge is 0.462 e. The van der Waals surface area contributed by atoms with E-state index in [1.54, 1.807) is 0 Å². The lowest BCUT2D eigenvalue weighted by Gasteiger charge is -2.19. The largest absolute Gasteiger partial charge is 0.472 e. The molecule has 0 aromatic heterocycles. The molecular formula is C55H110NO8P. The normalized spacial score (nSPS) is 13.0. The van der Waals surface area contributed by atoms with Crippen molar-refractivity contribution in [2.24, 2.45) is 5.73 Å². The molecule has 0 aliphatic heterocycles. The predicted molar refractivity (Wildman–Crippen MR) is 275 cm³/mol. The van der Waals surface area contributed by atoms with Crippen LogP contribution >= 0.6 is 7.82 Å². The number of rotatable bonds is 55. The van der Waals surface area contributed by atoms with Crippen LogP contribution in [-0.4, -0.2) is 49.3 Å². The Hall–Kier alpha value is -0.990. The molecular weight excluding hydrogens is 834 g/mol. The Morgan fingerprint density at radius 3 is 0.938 bits per heavy atom. The second-order valence-electron chi connectivity index (χ2n) is 19.5. The summed E-state index contributed by atoms with van der Waals surface area (Å²) < 4.78 is 33.0. The number of hydrogen-bond acceptors (Lipinski definition) is 8. The average Bonchev–Trinajstić information content (AvgIpc) is 3.30. The highest BCUT2D eigenvalue weighted by molar-refractivity contribution is 7.47. The van der Waals surface area contributed by atoms with Crippen molar-refractivity contribution in [2.45, 2.75) is 315 Å². The second kappa shape index (κ2) is 52.4. The van der Waals surface area contributed by atoms with Crippen molar-refractivity contribution in [3.63, 3.8) is 0 Å². The van der Waals surface area contributed by atoms with Gasteiger partial charge in [-0.1, -0.05) is 284 Å². The van der Waals surface area contributed by atoms with Gasteiger partial charge in [0.25, 0.3) is 0 Å². The lowest BCUT2D eigenvalue weighted by atomic mass is 10.0. The molecule has 0 amide bonds. The molecule has 0 rings (SSSR count). The predicted octanol–water partition coefficient (Wildman–Crippen LogP) is 17.5. The van der Waals surface area contributed by atoms with Crippen LogP contribution in [0, 0.1) is 0 Å². The van der Waals surface area contributed by atoms with Gasteiger partial charge in [0.1, 0.15) is 6.61 Å². The zero-order valence-corrected chi connectivity index (χ0v) is 44.2. The number of nitrogens with two attached hydrogens (primary N) is 1. The Bertz CT molecular complexity index is 1030. The van der Waals surface area contributed by atoms with Crippen LogP contribution < -0.4 is 5.73 Å². The molecule has 0 heterocycles. The topological polar surface area (TPSA) is 134 Å². The zero-order valence-electron chi connectivity index (χ0n) is 43.3. The van der Waals surface area contributed by atoms with Crippen molar-refractivity contribution in [3.8, 4) is 0 Å². The summed E-state index contributed by atoms with van der Waals surface area (Å²) in [7, 11) is -4.38. The minimum atomic E-state index is -4.38. The van der Waals surface area contributed by atoms with Gasteiger partial charge in [0.05, 0.1) is 13.2 Å². The summed E-state index contributed by atoms with van der Waals surface area (Å²) in [5, 5.41) is 0. The molecule has 0 aliphatic rings. The van der Waals surface area contributed by atoms with Crippen LogP contribution in [0.15, 0.2) is 0 Å². The van der Waals surface area contributed by atoms with E-state index in [1.807, 2.05) is 0 Å². The molecule has 0 aromatic carbocycles. The lowest BCUT2D eigenvalue weighted by molar-refractivity contribution is -0.161. The van der Waals surface area contributed by atoms with Crippen molar-refractivity contribution < 1.29 is 37.6 Å². The summed E-state index contributed by atoms with van der Waals surface area (Å²) in [6, 6.07) is 0. The van der Waals surface area contributed by atoms with Crippen molar-refractivity contribution in [1.29, 1.82) is 0 Å². The quantitative estimate of drug-likeness (QED) is 0.0347. The highest BCUT2D eigenvalue weighted by Crippen LogP contribution is 2.43. The summed E-state index contributed by atoms with van der Waals surface area (Å²) in [5.74, 6) is -0.803. The van der Waals surface area contributed by atoms with Gasteiger partial charge < -0.3 is 20.1 Å². The lowest BCUT2D eigenvalue weighted by Crippen LogP contribution is -2.29. The number of unbranched alkanes of at least 4 members (excludes halogenated alkanes) is 42. The fourth-order valence-electron chi connectivity index (χ4n) is 8.76. The van der Waals surface area contributed by atoms with Gasteiger partial charge in [-0.25, -0.2) is 4.57 Å². The maximum Gasteiger partial charge on any atom is 0.472 e. The number of phosphoric ester groups is 1. The Labute approximate surface area is 403 Å². The molecule has 2 atom stereocenters. The Balaban J connectivity index is 3.92. The van der Waals surface area contributed by atoms with E-state index in [9.17, 15) is 19.0 Å². The Morgan fingerprint density at radius 2 is 0.662 bits per heavy atom. The van der Waals surface area contributed by atoms with E-state index in [0.29, 0.717) is 6.42 Å². The van der Waals surface area contributed by atoms with Gasteiger partial charge in [-0.3, -0.25) is 18.6 Å². The number of ether oxygens (including phenoxy) is 2. The first-order valence-electron chi connectivity index (χ1n) is 28.5. The molecule has 0 saturated heterocycles. The maximum absolute atomic E-state index is 12.7. The van der Waals surface area contributed by atoms with E-state index in [0.717, 1.165) is 32.1 Å². The van der Waals surface area contributed by atoms with Crippen LogP contribution in [0.4, 0.5) is 0 Å². The van der Waals surface area contributed by atoms with Crippen LogP contribution in [-0.2, 0) is 32.7 Å². The van der Waals surface area contributed by atoms with Crippen LogP contribution in [0.5, 0.6) is 0 Å². The summed E-state index contributed by atoms with van der Waals surface area (Å²) in [4.78, 5) is 35.1. The number of esters is 2. The van der Waals surface area contributed by atoms with Crippen molar-refractivity contribution in [3.05, 3.63) is 0 Å². The fraction of sp³-hybridized carbons (Fsp3) is 0.964. The molecule has 9 nitrogen and oxygen atoms in total. The Kier molecular flexibility index (Phi) is 51.6. The molecule has 0 aromatic rings. The summed E-state index contributed by atoms with van der Waals surface area (Å²) >= 11 is 0. The van der Waals surface area contributed by atoms with E-state index in [1.165, 1.54) is 244 Å². The molecule has 10 heteroatoms. The molecule has 0 aliphatic carbocycles. The van der Waals surface area contributed by atoms with Gasteiger partial charge in [-0.05, 0) is 12.8 Å². The average molecular weight is 944 g/mol. The summed E-state index contributed by atoms with van der Waals surface area (Å²) in [6.07, 6.45) is 57.3. The first-order valence-corrected chi connectivity index (χ1v) is 30.0. The van der Waals surface area contributed by atoms with E-state index >= 15 is 0 Å². The van der Waals surface area contributed by atoms with Crippen molar-refractivity contribution >= 4 is 19.8 Å². The van der Waals surface area contributed by atoms with E-state index in [4.69, 9.17) is 24.3 Å². The molecule has 0 saturated carbocycles. The van der Waals surface area contributed by atoms with E-state index < -0.39 is 26.5 Å². The molecule has 2 unspecified atom stereocenters. The maximum atomic E-state index is 12.7. The van der Waals surface area contributed by atoms with Gasteiger partial charge in [-0.15, -0.1) is 0 Å². The van der Waals surface area contributed by atoms with Gasteiger partial charge in [0.15, 0.2) is 6.10 Å². The van der Waals surface area contributed by atoms with Crippen LogP contribution in [0.3, 0.4) is 0 Å². The highest BCUT2D eigenvalue weighted by Gasteiger charge is 2.26. The third-order valence-corrected chi connectivity index (χ3v) is 14.0. The monoisotopic (exact) mass is 944 g/mol. The molecule has 0 fully saturated rings.